The van der Waals surface area contributed by atoms with Gasteiger partial charge in [-0.15, -0.1) is 5.10 Å². The van der Waals surface area contributed by atoms with Crippen molar-refractivity contribution in [3.63, 3.8) is 0 Å². The number of fused-ring (bicyclic) bond motifs is 1. The van der Waals surface area contributed by atoms with Crippen molar-refractivity contribution in [3.05, 3.63) is 29.7 Å². The van der Waals surface area contributed by atoms with Crippen molar-refractivity contribution in [2.75, 3.05) is 6.61 Å². The maximum Gasteiger partial charge on any atom is 0.453 e. The van der Waals surface area contributed by atoms with Crippen LogP contribution in [0.2, 0.25) is 0 Å². The molecule has 8 heteroatoms. The summed E-state index contributed by atoms with van der Waals surface area (Å²) in [6.45, 7) is 1.73. The van der Waals surface area contributed by atoms with Crippen LogP contribution < -0.4 is 0 Å². The lowest BCUT2D eigenvalue weighted by Gasteiger charge is -2.01. The lowest BCUT2D eigenvalue weighted by molar-refractivity contribution is -0.144. The van der Waals surface area contributed by atoms with Crippen LogP contribution in [-0.2, 0) is 10.9 Å². The van der Waals surface area contributed by atoms with Gasteiger partial charge in [-0.25, -0.2) is 14.3 Å². The predicted octanol–water partition coefficient (Wildman–Crippen LogP) is 1.92. The first-order valence-electron chi connectivity index (χ1n) is 5.03. The second-order valence-corrected chi connectivity index (χ2v) is 3.34. The summed E-state index contributed by atoms with van der Waals surface area (Å²) in [5.41, 5.74) is -0.231. The van der Waals surface area contributed by atoms with Crippen molar-refractivity contribution >= 4 is 11.6 Å². The van der Waals surface area contributed by atoms with Crippen molar-refractivity contribution in [1.82, 2.24) is 14.6 Å². The third kappa shape index (κ3) is 2.13. The lowest BCUT2D eigenvalue weighted by atomic mass is 10.3. The van der Waals surface area contributed by atoms with Gasteiger partial charge in [0.1, 0.15) is 5.56 Å². The Morgan fingerprint density at radius 3 is 2.83 bits per heavy atom. The van der Waals surface area contributed by atoms with Gasteiger partial charge in [-0.05, 0) is 19.1 Å². The van der Waals surface area contributed by atoms with Crippen LogP contribution in [0.15, 0.2) is 18.3 Å². The first-order chi connectivity index (χ1) is 8.43. The summed E-state index contributed by atoms with van der Waals surface area (Å²) < 4.78 is 43.0. The maximum absolute atomic E-state index is 12.5. The molecular weight excluding hydrogens is 251 g/mol. The van der Waals surface area contributed by atoms with Gasteiger partial charge in [0.05, 0.1) is 6.61 Å². The fourth-order valence-electron chi connectivity index (χ4n) is 1.39. The van der Waals surface area contributed by atoms with E-state index in [0.29, 0.717) is 0 Å². The highest BCUT2D eigenvalue weighted by atomic mass is 19.4. The largest absolute Gasteiger partial charge is 0.462 e. The zero-order chi connectivity index (χ0) is 13.3. The van der Waals surface area contributed by atoms with E-state index in [1.165, 1.54) is 18.3 Å². The smallest absolute Gasteiger partial charge is 0.453 e. The molecule has 0 aromatic carbocycles. The van der Waals surface area contributed by atoms with E-state index in [4.69, 9.17) is 4.74 Å². The highest BCUT2D eigenvalue weighted by Crippen LogP contribution is 2.27. The summed E-state index contributed by atoms with van der Waals surface area (Å²) in [4.78, 5) is 14.8. The number of rotatable bonds is 2. The molecule has 2 heterocycles. The van der Waals surface area contributed by atoms with Crippen molar-refractivity contribution < 1.29 is 22.7 Å². The molecule has 0 N–H and O–H groups in total. The van der Waals surface area contributed by atoms with Gasteiger partial charge in [-0.1, -0.05) is 0 Å². The van der Waals surface area contributed by atoms with Crippen LogP contribution >= 0.6 is 0 Å². The molecule has 0 aliphatic rings. The van der Waals surface area contributed by atoms with E-state index in [1.54, 1.807) is 6.92 Å². The summed E-state index contributed by atoms with van der Waals surface area (Å²) in [6, 6.07) is 2.73. The molecule has 0 saturated heterocycles. The molecule has 0 spiro atoms. The molecule has 0 unspecified atom stereocenters. The van der Waals surface area contributed by atoms with E-state index >= 15 is 0 Å². The van der Waals surface area contributed by atoms with Crippen LogP contribution in [0, 0.1) is 0 Å². The first-order valence-corrected chi connectivity index (χ1v) is 5.03. The van der Waals surface area contributed by atoms with Crippen LogP contribution in [0.4, 0.5) is 13.2 Å². The average molecular weight is 259 g/mol. The van der Waals surface area contributed by atoms with E-state index in [1.807, 2.05) is 0 Å². The molecule has 96 valence electrons. The topological polar surface area (TPSA) is 56.5 Å². The molecule has 5 nitrogen and oxygen atoms in total. The molecule has 0 bridgehead atoms. The number of hydrogen-bond acceptors (Lipinski definition) is 4. The molecule has 0 radical (unpaired) electrons. The zero-order valence-electron chi connectivity index (χ0n) is 9.23. The second-order valence-electron chi connectivity index (χ2n) is 3.34. The number of carbonyl (C=O) groups is 1. The van der Waals surface area contributed by atoms with Crippen LogP contribution in [0.25, 0.3) is 5.65 Å². The van der Waals surface area contributed by atoms with Crippen molar-refractivity contribution in [2.45, 2.75) is 13.1 Å². The standard InChI is InChI=1S/C10H8F3N3O2/c1-2-18-8(17)6-4-3-5-16-7(6)14-9(15-16)10(11,12)13/h3-5H,2H2,1H3. The third-order valence-electron chi connectivity index (χ3n) is 2.11. The molecule has 18 heavy (non-hydrogen) atoms. The summed E-state index contributed by atoms with van der Waals surface area (Å²) in [6.07, 6.45) is -3.38. The molecule has 2 aromatic rings. The Morgan fingerprint density at radius 2 is 2.22 bits per heavy atom. The Bertz CT molecular complexity index is 592. The highest BCUT2D eigenvalue weighted by Gasteiger charge is 2.36. The molecule has 0 aliphatic carbocycles. The second kappa shape index (κ2) is 4.28. The number of aromatic nitrogens is 3. The number of hydrogen-bond donors (Lipinski definition) is 0. The Morgan fingerprint density at radius 1 is 1.50 bits per heavy atom. The van der Waals surface area contributed by atoms with Gasteiger partial charge in [0, 0.05) is 6.20 Å². The van der Waals surface area contributed by atoms with Gasteiger partial charge >= 0.3 is 12.1 Å². The summed E-state index contributed by atoms with van der Waals surface area (Å²) in [5, 5.41) is 3.26. The number of pyridine rings is 1. The van der Waals surface area contributed by atoms with Crippen LogP contribution in [0.1, 0.15) is 23.1 Å². The Hall–Kier alpha value is -2.12. The molecule has 0 saturated carbocycles. The van der Waals surface area contributed by atoms with E-state index < -0.39 is 18.0 Å². The number of carbonyl (C=O) groups excluding carboxylic acids is 1. The number of nitrogens with zero attached hydrogens (tertiary/aromatic N) is 3. The minimum absolute atomic E-state index is 0.0534. The van der Waals surface area contributed by atoms with Gasteiger partial charge in [-0.2, -0.15) is 13.2 Å². The third-order valence-corrected chi connectivity index (χ3v) is 2.11. The lowest BCUT2D eigenvalue weighted by Crippen LogP contribution is -2.07. The van der Waals surface area contributed by atoms with Crippen molar-refractivity contribution in [2.24, 2.45) is 0 Å². The number of esters is 1. The predicted molar refractivity (Wildman–Crippen MR) is 53.9 cm³/mol. The van der Waals surface area contributed by atoms with Crippen LogP contribution in [0.3, 0.4) is 0 Å². The summed E-state index contributed by atoms with van der Waals surface area (Å²) >= 11 is 0. The number of halogens is 3. The fraction of sp³-hybridized carbons (Fsp3) is 0.300. The molecule has 2 aromatic heterocycles. The number of ether oxygens (including phenoxy) is 1. The molecule has 0 fully saturated rings. The summed E-state index contributed by atoms with van der Waals surface area (Å²) in [7, 11) is 0. The zero-order valence-corrected chi connectivity index (χ0v) is 9.23. The van der Waals surface area contributed by atoms with Gasteiger partial charge in [-0.3, -0.25) is 0 Å². The maximum atomic E-state index is 12.5. The van der Waals surface area contributed by atoms with E-state index in [2.05, 4.69) is 10.1 Å². The van der Waals surface area contributed by atoms with Gasteiger partial charge in [0.25, 0.3) is 5.82 Å². The van der Waals surface area contributed by atoms with Gasteiger partial charge in [0.15, 0.2) is 5.65 Å². The summed E-state index contributed by atoms with van der Waals surface area (Å²) in [5.74, 6) is -2.02. The minimum Gasteiger partial charge on any atom is -0.462 e. The molecule has 0 atom stereocenters. The van der Waals surface area contributed by atoms with Crippen LogP contribution in [-0.4, -0.2) is 27.2 Å². The average Bonchev–Trinajstić information content (AvgIpc) is 2.72. The number of alkyl halides is 3. The van der Waals surface area contributed by atoms with E-state index in [9.17, 15) is 18.0 Å². The SMILES string of the molecule is CCOC(=O)c1cccn2nc(C(F)(F)F)nc12. The Balaban J connectivity index is 2.56. The van der Waals surface area contributed by atoms with Gasteiger partial charge < -0.3 is 4.74 Å². The Kier molecular flexibility index (Phi) is 2.93. The highest BCUT2D eigenvalue weighted by molar-refractivity contribution is 5.95. The van der Waals surface area contributed by atoms with E-state index in [0.717, 1.165) is 4.52 Å². The molecule has 0 amide bonds. The monoisotopic (exact) mass is 259 g/mol. The van der Waals surface area contributed by atoms with Crippen molar-refractivity contribution in [1.29, 1.82) is 0 Å². The van der Waals surface area contributed by atoms with E-state index in [-0.39, 0.29) is 17.8 Å². The molecular formula is C10H8F3N3O2. The minimum atomic E-state index is -4.65. The quantitative estimate of drug-likeness (QED) is 0.773. The van der Waals surface area contributed by atoms with Crippen LogP contribution in [0.5, 0.6) is 0 Å². The Labute approximate surface area is 99.2 Å². The molecule has 0 aliphatic heterocycles. The fourth-order valence-corrected chi connectivity index (χ4v) is 1.39. The van der Waals surface area contributed by atoms with Gasteiger partial charge in [0.2, 0.25) is 0 Å². The first kappa shape index (κ1) is 12.3. The van der Waals surface area contributed by atoms with Crippen molar-refractivity contribution in [3.8, 4) is 0 Å². The molecule has 2 rings (SSSR count). The normalized spacial score (nSPS) is 11.8.